The molecule has 0 aromatic heterocycles. The van der Waals surface area contributed by atoms with E-state index in [4.69, 9.17) is 16.3 Å². The second-order valence-corrected chi connectivity index (χ2v) is 8.90. The van der Waals surface area contributed by atoms with Crippen molar-refractivity contribution < 1.29 is 19.2 Å². The van der Waals surface area contributed by atoms with Gasteiger partial charge in [-0.3, -0.25) is 14.9 Å². The molecule has 2 amide bonds. The number of rotatable bonds is 4. The average Bonchev–Trinajstić information content (AvgIpc) is 2.88. The van der Waals surface area contributed by atoms with Gasteiger partial charge in [0.1, 0.15) is 5.60 Å². The van der Waals surface area contributed by atoms with Crippen molar-refractivity contribution in [3.8, 4) is 0 Å². The summed E-state index contributed by atoms with van der Waals surface area (Å²) in [7, 11) is 0. The SMILES string of the molecule is CC(C)(C)OC(=O)N1C(=O)[C@@](C)([C@H](C[N+](=O)[O-])c2ccc(Cl)cc2)c2ccccc21. The van der Waals surface area contributed by atoms with Gasteiger partial charge < -0.3 is 4.74 Å². The highest BCUT2D eigenvalue weighted by molar-refractivity contribution is 6.30. The minimum Gasteiger partial charge on any atom is -0.443 e. The molecule has 2 aromatic carbocycles. The highest BCUT2D eigenvalue weighted by atomic mass is 35.5. The zero-order valence-electron chi connectivity index (χ0n) is 17.2. The quantitative estimate of drug-likeness (QED) is 0.506. The van der Waals surface area contributed by atoms with Crippen LogP contribution in [0.25, 0.3) is 0 Å². The molecule has 158 valence electrons. The summed E-state index contributed by atoms with van der Waals surface area (Å²) in [6.45, 7) is 6.28. The Labute approximate surface area is 179 Å². The molecule has 0 aliphatic carbocycles. The largest absolute Gasteiger partial charge is 0.443 e. The van der Waals surface area contributed by atoms with Gasteiger partial charge in [-0.2, -0.15) is 0 Å². The fourth-order valence-electron chi connectivity index (χ4n) is 3.86. The minimum atomic E-state index is -1.34. The van der Waals surface area contributed by atoms with E-state index in [0.29, 0.717) is 21.8 Å². The van der Waals surface area contributed by atoms with Crippen LogP contribution in [0.15, 0.2) is 48.5 Å². The lowest BCUT2D eigenvalue weighted by atomic mass is 9.69. The zero-order valence-corrected chi connectivity index (χ0v) is 18.0. The monoisotopic (exact) mass is 430 g/mol. The molecule has 7 nitrogen and oxygen atoms in total. The maximum Gasteiger partial charge on any atom is 0.421 e. The number of carbonyl (C=O) groups is 2. The van der Waals surface area contributed by atoms with Crippen LogP contribution in [0.2, 0.25) is 5.02 Å². The van der Waals surface area contributed by atoms with E-state index in [0.717, 1.165) is 4.90 Å². The summed E-state index contributed by atoms with van der Waals surface area (Å²) in [6, 6.07) is 13.4. The van der Waals surface area contributed by atoms with E-state index in [1.165, 1.54) is 0 Å². The molecule has 0 radical (unpaired) electrons. The van der Waals surface area contributed by atoms with Crippen LogP contribution in [-0.2, 0) is 14.9 Å². The van der Waals surface area contributed by atoms with Crippen LogP contribution in [0, 0.1) is 10.1 Å². The van der Waals surface area contributed by atoms with Crippen molar-refractivity contribution in [1.82, 2.24) is 0 Å². The number of benzene rings is 2. The first-order chi connectivity index (χ1) is 13.9. The molecule has 0 bridgehead atoms. The molecule has 30 heavy (non-hydrogen) atoms. The number of imide groups is 1. The number of ether oxygens (including phenoxy) is 1. The molecule has 2 atom stereocenters. The predicted octanol–water partition coefficient (Wildman–Crippen LogP) is 4.94. The van der Waals surface area contributed by atoms with Gasteiger partial charge in [-0.15, -0.1) is 0 Å². The van der Waals surface area contributed by atoms with E-state index in [-0.39, 0.29) is 0 Å². The van der Waals surface area contributed by atoms with Gasteiger partial charge in [0.2, 0.25) is 12.5 Å². The number of para-hydroxylation sites is 1. The van der Waals surface area contributed by atoms with Crippen molar-refractivity contribution in [2.45, 2.75) is 44.6 Å². The Bertz CT molecular complexity index is 999. The summed E-state index contributed by atoms with van der Waals surface area (Å²) < 4.78 is 5.44. The Kier molecular flexibility index (Phi) is 5.60. The van der Waals surface area contributed by atoms with Gasteiger partial charge in [0, 0.05) is 9.95 Å². The first-order valence-electron chi connectivity index (χ1n) is 9.49. The number of nitrogens with zero attached hydrogens (tertiary/aromatic N) is 2. The van der Waals surface area contributed by atoms with E-state index in [2.05, 4.69) is 0 Å². The number of nitro groups is 1. The standard InChI is InChI=1S/C22H23ClN2O5/c1-21(2,3)30-20(27)25-18-8-6-5-7-16(18)22(4,19(25)26)17(13-24(28)29)14-9-11-15(23)12-10-14/h5-12,17H,13H2,1-4H3/t17-,22-/m1/s1. The van der Waals surface area contributed by atoms with Gasteiger partial charge in [0.15, 0.2) is 0 Å². The number of carbonyl (C=O) groups excluding carboxylic acids is 2. The Morgan fingerprint density at radius 1 is 1.20 bits per heavy atom. The molecule has 0 spiro atoms. The Balaban J connectivity index is 2.16. The maximum absolute atomic E-state index is 13.7. The second-order valence-electron chi connectivity index (χ2n) is 8.46. The van der Waals surface area contributed by atoms with Crippen molar-refractivity contribution in [2.75, 3.05) is 11.4 Å². The highest BCUT2D eigenvalue weighted by Gasteiger charge is 2.56. The van der Waals surface area contributed by atoms with Crippen LogP contribution < -0.4 is 4.90 Å². The van der Waals surface area contributed by atoms with Gasteiger partial charge in [0.05, 0.1) is 17.0 Å². The lowest BCUT2D eigenvalue weighted by Crippen LogP contribution is -2.47. The van der Waals surface area contributed by atoms with Crippen LogP contribution in [0.5, 0.6) is 0 Å². The zero-order chi connectivity index (χ0) is 22.3. The third-order valence-electron chi connectivity index (χ3n) is 5.23. The fourth-order valence-corrected chi connectivity index (χ4v) is 3.98. The molecule has 0 unspecified atom stereocenters. The summed E-state index contributed by atoms with van der Waals surface area (Å²) in [4.78, 5) is 38.6. The topological polar surface area (TPSA) is 89.8 Å². The lowest BCUT2D eigenvalue weighted by Gasteiger charge is -2.31. The smallest absolute Gasteiger partial charge is 0.421 e. The van der Waals surface area contributed by atoms with E-state index in [1.54, 1.807) is 76.2 Å². The highest BCUT2D eigenvalue weighted by Crippen LogP contribution is 2.50. The normalized spacial score (nSPS) is 19.4. The molecule has 0 saturated carbocycles. The summed E-state index contributed by atoms with van der Waals surface area (Å²) >= 11 is 5.98. The van der Waals surface area contributed by atoms with Crippen LogP contribution in [0.4, 0.5) is 10.5 Å². The summed E-state index contributed by atoms with van der Waals surface area (Å²) in [5.41, 5.74) is -0.632. The van der Waals surface area contributed by atoms with Crippen LogP contribution in [0.3, 0.4) is 0 Å². The van der Waals surface area contributed by atoms with E-state index in [9.17, 15) is 19.7 Å². The third kappa shape index (κ3) is 3.89. The second kappa shape index (κ2) is 7.72. The van der Waals surface area contributed by atoms with Gasteiger partial charge in [-0.05, 0) is 57.0 Å². The molecule has 2 aromatic rings. The number of hydrogen-bond donors (Lipinski definition) is 0. The average molecular weight is 431 g/mol. The molecule has 1 aliphatic rings. The van der Waals surface area contributed by atoms with Crippen LogP contribution in [0.1, 0.15) is 44.7 Å². The van der Waals surface area contributed by atoms with Gasteiger partial charge in [-0.1, -0.05) is 41.9 Å². The Hall–Kier alpha value is -2.93. The maximum atomic E-state index is 13.7. The van der Waals surface area contributed by atoms with Gasteiger partial charge >= 0.3 is 6.09 Å². The minimum absolute atomic E-state index is 0.376. The molecule has 0 N–H and O–H groups in total. The molecule has 0 saturated heterocycles. The molecule has 1 aliphatic heterocycles. The summed E-state index contributed by atoms with van der Waals surface area (Å²) in [5, 5.41) is 12.0. The molecule has 1 heterocycles. The fraction of sp³-hybridized carbons (Fsp3) is 0.364. The summed E-state index contributed by atoms with van der Waals surface area (Å²) in [5.74, 6) is -1.37. The van der Waals surface area contributed by atoms with Crippen molar-refractivity contribution >= 4 is 29.3 Å². The van der Waals surface area contributed by atoms with Crippen LogP contribution >= 0.6 is 11.6 Å². The first kappa shape index (κ1) is 21.8. The molecule has 3 rings (SSSR count). The van der Waals surface area contributed by atoms with Gasteiger partial charge in [0.25, 0.3) is 0 Å². The summed E-state index contributed by atoms with van der Waals surface area (Å²) in [6.07, 6.45) is -0.806. The lowest BCUT2D eigenvalue weighted by molar-refractivity contribution is -0.484. The molecular formula is C22H23ClN2O5. The van der Waals surface area contributed by atoms with Crippen molar-refractivity contribution in [2.24, 2.45) is 0 Å². The van der Waals surface area contributed by atoms with Gasteiger partial charge in [-0.25, -0.2) is 9.69 Å². The van der Waals surface area contributed by atoms with E-state index < -0.39 is 40.4 Å². The van der Waals surface area contributed by atoms with Crippen molar-refractivity contribution in [1.29, 1.82) is 0 Å². The number of amides is 2. The third-order valence-corrected chi connectivity index (χ3v) is 5.48. The van der Waals surface area contributed by atoms with E-state index in [1.807, 2.05) is 0 Å². The Morgan fingerprint density at radius 2 is 1.80 bits per heavy atom. The van der Waals surface area contributed by atoms with Crippen molar-refractivity contribution in [3.05, 3.63) is 74.8 Å². The van der Waals surface area contributed by atoms with Crippen molar-refractivity contribution in [3.63, 3.8) is 0 Å². The Morgan fingerprint density at radius 3 is 2.37 bits per heavy atom. The number of halogens is 1. The number of fused-ring (bicyclic) bond motifs is 1. The van der Waals surface area contributed by atoms with Crippen LogP contribution in [-0.4, -0.2) is 29.1 Å². The predicted molar refractivity (Wildman–Crippen MR) is 114 cm³/mol. The number of anilines is 1. The molecular weight excluding hydrogens is 408 g/mol. The first-order valence-corrected chi connectivity index (χ1v) is 9.87. The molecule has 8 heteroatoms. The van der Waals surface area contributed by atoms with E-state index >= 15 is 0 Å². The molecule has 0 fully saturated rings. The number of hydrogen-bond acceptors (Lipinski definition) is 5.